The van der Waals surface area contributed by atoms with E-state index in [-0.39, 0.29) is 18.2 Å². The molecule has 1 aliphatic rings. The molecule has 0 aromatic heterocycles. The number of carbonyl (C=O) groups is 1. The van der Waals surface area contributed by atoms with Gasteiger partial charge in [-0.25, -0.2) is 0 Å². The molecule has 1 heterocycles. The summed E-state index contributed by atoms with van der Waals surface area (Å²) in [6.45, 7) is 1.55. The lowest BCUT2D eigenvalue weighted by molar-refractivity contribution is -0.123. The van der Waals surface area contributed by atoms with Gasteiger partial charge in [-0.15, -0.1) is 5.06 Å². The van der Waals surface area contributed by atoms with Crippen molar-refractivity contribution in [2.24, 2.45) is 10.9 Å². The normalized spacial score (nSPS) is 13.2. The summed E-state index contributed by atoms with van der Waals surface area (Å²) in [7, 11) is 0. The molecular weight excluding hydrogens is 210 g/mol. The molecule has 0 saturated carbocycles. The molecule has 6 heteroatoms. The maximum atomic E-state index is 11.3. The van der Waals surface area contributed by atoms with E-state index in [0.29, 0.717) is 16.8 Å². The predicted octanol–water partition coefficient (Wildman–Crippen LogP) is 0.483. The minimum atomic E-state index is -0.314. The summed E-state index contributed by atoms with van der Waals surface area (Å²) in [5.74, 6) is -0.257. The van der Waals surface area contributed by atoms with Crippen molar-refractivity contribution >= 4 is 17.8 Å². The Morgan fingerprint density at radius 2 is 2.38 bits per heavy atom. The lowest BCUT2D eigenvalue weighted by Crippen LogP contribution is -2.27. The van der Waals surface area contributed by atoms with Crippen molar-refractivity contribution < 1.29 is 14.8 Å². The Kier molecular flexibility index (Phi) is 2.49. The molecule has 0 aliphatic carbocycles. The molecule has 0 saturated heterocycles. The predicted molar refractivity (Wildman–Crippen MR) is 57.8 cm³/mol. The van der Waals surface area contributed by atoms with Crippen LogP contribution in [-0.2, 0) is 16.3 Å². The number of phenols is 1. The minimum Gasteiger partial charge on any atom is -0.507 e. The van der Waals surface area contributed by atoms with Crippen LogP contribution in [0.25, 0.3) is 0 Å². The Balaban J connectivity index is 2.61. The van der Waals surface area contributed by atoms with E-state index in [4.69, 9.17) is 10.7 Å². The van der Waals surface area contributed by atoms with Crippen LogP contribution in [0, 0.1) is 0 Å². The first kappa shape index (κ1) is 10.4. The van der Waals surface area contributed by atoms with Crippen molar-refractivity contribution in [1.29, 1.82) is 0 Å². The molecule has 1 amide bonds. The Bertz CT molecular complexity index is 471. The summed E-state index contributed by atoms with van der Waals surface area (Å²) < 4.78 is 0. The standard InChI is InChI=1S/C10H11N3O3/c1-6(14)13-9-2-8(5-12-16-13)10(15)3-7(9)4-11/h2-3,5,15H,4,11H2,1H3. The third kappa shape index (κ3) is 1.59. The maximum absolute atomic E-state index is 11.3. The van der Waals surface area contributed by atoms with Gasteiger partial charge in [-0.1, -0.05) is 5.16 Å². The van der Waals surface area contributed by atoms with Gasteiger partial charge in [0.25, 0.3) is 5.91 Å². The van der Waals surface area contributed by atoms with E-state index in [2.05, 4.69) is 5.16 Å². The molecule has 0 spiro atoms. The summed E-state index contributed by atoms with van der Waals surface area (Å²) in [4.78, 5) is 16.2. The molecule has 0 atom stereocenters. The molecule has 0 fully saturated rings. The second-order valence-electron chi connectivity index (χ2n) is 3.37. The van der Waals surface area contributed by atoms with Crippen LogP contribution in [0.2, 0.25) is 0 Å². The Labute approximate surface area is 91.9 Å². The third-order valence-corrected chi connectivity index (χ3v) is 2.27. The zero-order valence-corrected chi connectivity index (χ0v) is 8.67. The number of rotatable bonds is 1. The molecule has 1 aromatic carbocycles. The maximum Gasteiger partial charge on any atom is 0.259 e. The number of nitrogens with two attached hydrogens (primary N) is 1. The smallest absolute Gasteiger partial charge is 0.259 e. The summed E-state index contributed by atoms with van der Waals surface area (Å²) in [5.41, 5.74) is 7.13. The molecule has 2 bridgehead atoms. The van der Waals surface area contributed by atoms with Crippen molar-refractivity contribution in [1.82, 2.24) is 0 Å². The fourth-order valence-corrected chi connectivity index (χ4v) is 1.49. The van der Waals surface area contributed by atoms with E-state index in [1.54, 1.807) is 6.07 Å². The van der Waals surface area contributed by atoms with Crippen LogP contribution in [-0.4, -0.2) is 17.2 Å². The van der Waals surface area contributed by atoms with E-state index >= 15 is 0 Å². The number of hydroxylamine groups is 1. The number of fused-ring (bicyclic) bond motifs is 2. The highest BCUT2D eigenvalue weighted by Gasteiger charge is 2.21. The van der Waals surface area contributed by atoms with Gasteiger partial charge in [-0.3, -0.25) is 9.73 Å². The van der Waals surface area contributed by atoms with Gasteiger partial charge in [0.2, 0.25) is 0 Å². The highest BCUT2D eigenvalue weighted by Crippen LogP contribution is 2.30. The Morgan fingerprint density at radius 3 is 3.00 bits per heavy atom. The second kappa shape index (κ2) is 3.82. The molecule has 6 nitrogen and oxygen atoms in total. The highest BCUT2D eigenvalue weighted by atomic mass is 16.8. The Morgan fingerprint density at radius 1 is 1.62 bits per heavy atom. The second-order valence-corrected chi connectivity index (χ2v) is 3.37. The largest absolute Gasteiger partial charge is 0.507 e. The number of benzene rings is 1. The monoisotopic (exact) mass is 221 g/mol. The zero-order valence-electron chi connectivity index (χ0n) is 8.67. The average Bonchev–Trinajstić information content (AvgIpc) is 2.44. The van der Waals surface area contributed by atoms with Crippen LogP contribution in [0.15, 0.2) is 17.3 Å². The first-order valence-corrected chi connectivity index (χ1v) is 4.70. The number of carbonyl (C=O) groups excluding carboxylic acids is 1. The van der Waals surface area contributed by atoms with E-state index in [1.807, 2.05) is 0 Å². The first-order chi connectivity index (χ1) is 7.63. The minimum absolute atomic E-state index is 0.0574. The van der Waals surface area contributed by atoms with Gasteiger partial charge in [0, 0.05) is 19.0 Å². The van der Waals surface area contributed by atoms with Gasteiger partial charge in [0.1, 0.15) is 5.75 Å². The van der Waals surface area contributed by atoms with Gasteiger partial charge in [-0.05, 0) is 17.7 Å². The molecule has 0 unspecified atom stereocenters. The van der Waals surface area contributed by atoms with Gasteiger partial charge in [0.15, 0.2) is 0 Å². The van der Waals surface area contributed by atoms with Gasteiger partial charge in [0.05, 0.1) is 11.9 Å². The van der Waals surface area contributed by atoms with Crippen LogP contribution in [0.1, 0.15) is 18.1 Å². The number of amides is 1. The quantitative estimate of drug-likeness (QED) is 0.722. The fourth-order valence-electron chi connectivity index (χ4n) is 1.49. The van der Waals surface area contributed by atoms with Crippen molar-refractivity contribution in [3.63, 3.8) is 0 Å². The van der Waals surface area contributed by atoms with Crippen LogP contribution in [0.4, 0.5) is 5.69 Å². The van der Waals surface area contributed by atoms with E-state index < -0.39 is 0 Å². The fraction of sp³-hybridized carbons (Fsp3) is 0.200. The van der Waals surface area contributed by atoms with Crippen molar-refractivity contribution in [3.8, 4) is 5.75 Å². The van der Waals surface area contributed by atoms with Gasteiger partial charge in [-0.2, -0.15) is 0 Å². The molecule has 16 heavy (non-hydrogen) atoms. The molecule has 1 aromatic rings. The topological polar surface area (TPSA) is 88.2 Å². The van der Waals surface area contributed by atoms with E-state index in [0.717, 1.165) is 5.06 Å². The first-order valence-electron chi connectivity index (χ1n) is 4.70. The highest BCUT2D eigenvalue weighted by molar-refractivity contribution is 5.94. The summed E-state index contributed by atoms with van der Waals surface area (Å²) in [6, 6.07) is 3.11. The summed E-state index contributed by atoms with van der Waals surface area (Å²) in [6.07, 6.45) is 1.34. The lowest BCUT2D eigenvalue weighted by atomic mass is 10.1. The number of hydrogen-bond acceptors (Lipinski definition) is 5. The van der Waals surface area contributed by atoms with Gasteiger partial charge >= 0.3 is 0 Å². The zero-order chi connectivity index (χ0) is 11.7. The van der Waals surface area contributed by atoms with Crippen molar-refractivity contribution in [2.75, 3.05) is 5.06 Å². The van der Waals surface area contributed by atoms with Crippen molar-refractivity contribution in [3.05, 3.63) is 23.3 Å². The number of hydrogen-bond donors (Lipinski definition) is 2. The Hall–Kier alpha value is -2.08. The molecule has 0 radical (unpaired) electrons. The van der Waals surface area contributed by atoms with Crippen LogP contribution in [0.5, 0.6) is 5.75 Å². The summed E-state index contributed by atoms with van der Waals surface area (Å²) >= 11 is 0. The van der Waals surface area contributed by atoms with Crippen molar-refractivity contribution in [2.45, 2.75) is 13.5 Å². The van der Waals surface area contributed by atoms with E-state index in [9.17, 15) is 9.90 Å². The SMILES string of the molecule is CC(=O)N1ON=Cc2cc1c(CN)cc2O. The average molecular weight is 221 g/mol. The van der Waals surface area contributed by atoms with E-state index in [1.165, 1.54) is 19.2 Å². The number of phenolic OH excluding ortho intramolecular Hbond substituents is 1. The molecule has 2 rings (SSSR count). The molecule has 84 valence electrons. The molecular formula is C10H11N3O3. The van der Waals surface area contributed by atoms with Crippen LogP contribution < -0.4 is 10.8 Å². The van der Waals surface area contributed by atoms with Crippen LogP contribution >= 0.6 is 0 Å². The third-order valence-electron chi connectivity index (χ3n) is 2.27. The lowest BCUT2D eigenvalue weighted by Gasteiger charge is -2.18. The molecule has 3 N–H and O–H groups in total. The van der Waals surface area contributed by atoms with Gasteiger partial charge < -0.3 is 10.8 Å². The molecule has 1 aliphatic heterocycles. The number of oxime groups is 1. The van der Waals surface area contributed by atoms with Crippen LogP contribution in [0.3, 0.4) is 0 Å². The summed E-state index contributed by atoms with van der Waals surface area (Å²) in [5, 5.41) is 14.2. The number of anilines is 1. The number of nitrogens with zero attached hydrogens (tertiary/aromatic N) is 2. The number of aromatic hydroxyl groups is 1.